The van der Waals surface area contributed by atoms with Crippen LogP contribution >= 0.6 is 0 Å². The Morgan fingerprint density at radius 2 is 1.45 bits per heavy atom. The third-order valence-corrected chi connectivity index (χ3v) is 8.21. The summed E-state index contributed by atoms with van der Waals surface area (Å²) < 4.78 is 8.65. The van der Waals surface area contributed by atoms with Crippen molar-refractivity contribution in [3.8, 4) is 28.3 Å². The Morgan fingerprint density at radius 3 is 2.23 bits per heavy atom. The van der Waals surface area contributed by atoms with Crippen LogP contribution in [0.25, 0.3) is 72.2 Å². The molecule has 0 aliphatic rings. The van der Waals surface area contributed by atoms with Crippen molar-refractivity contribution in [1.82, 2.24) is 19.5 Å². The Balaban J connectivity index is 0.000000228. The number of aromatic nitrogens is 4. The molecular weight excluding hydrogens is 757 g/mol. The van der Waals surface area contributed by atoms with Gasteiger partial charge in [0.05, 0.1) is 33.7 Å². The van der Waals surface area contributed by atoms with Gasteiger partial charge < -0.3 is 14.0 Å². The van der Waals surface area contributed by atoms with Crippen LogP contribution in [0.15, 0.2) is 138 Å². The van der Waals surface area contributed by atoms with E-state index in [1.165, 1.54) is 0 Å². The number of aryl methyl sites for hydroxylation is 2. The zero-order valence-corrected chi connectivity index (χ0v) is 28.1. The molecule has 0 aliphatic heterocycles. The van der Waals surface area contributed by atoms with E-state index in [1.54, 1.807) is 6.20 Å². The van der Waals surface area contributed by atoms with Gasteiger partial charge in [-0.15, -0.1) is 53.6 Å². The van der Waals surface area contributed by atoms with E-state index in [1.807, 2.05) is 85.8 Å². The molecule has 4 aromatic heterocycles. The van der Waals surface area contributed by atoms with Crippen LogP contribution in [0.3, 0.4) is 0 Å². The van der Waals surface area contributed by atoms with Gasteiger partial charge in [0.15, 0.2) is 0 Å². The predicted octanol–water partition coefficient (Wildman–Crippen LogP) is 10.1. The Labute approximate surface area is 285 Å². The largest absolute Gasteiger partial charge is 0.501 e. The van der Waals surface area contributed by atoms with Crippen LogP contribution in [0.5, 0.6) is 0 Å². The maximum Gasteiger partial charge on any atom is 0.120 e. The van der Waals surface area contributed by atoms with Crippen molar-refractivity contribution >= 4 is 43.9 Å². The fourth-order valence-electron chi connectivity index (χ4n) is 6.09. The third kappa shape index (κ3) is 5.42. The standard InChI is InChI=1S/C30H20N3O.C11H8N.Ir/c1-18-16-17-23(29-26(18)22-13-7-9-15-25(22)34-29)30-32-27-19(2)31-24-14-8-6-12-21(24)28(27)33(30)20-10-4-3-5-11-20;1-2-6-10(7-3-1)11-8-4-5-9-12-11;/h3-16H,1-2H3;1-6,8-9H;/q2*-1;. The van der Waals surface area contributed by atoms with Gasteiger partial charge in [-0.3, -0.25) is 9.97 Å². The minimum Gasteiger partial charge on any atom is -0.501 e. The minimum atomic E-state index is 0. The number of para-hydroxylation sites is 3. The van der Waals surface area contributed by atoms with Crippen LogP contribution in [-0.2, 0) is 20.1 Å². The zero-order chi connectivity index (χ0) is 31.0. The summed E-state index contributed by atoms with van der Waals surface area (Å²) in [5, 5.41) is 3.28. The molecule has 5 nitrogen and oxygen atoms in total. The van der Waals surface area contributed by atoms with Crippen molar-refractivity contribution in [1.29, 1.82) is 0 Å². The summed E-state index contributed by atoms with van der Waals surface area (Å²) in [6, 6.07) is 49.1. The van der Waals surface area contributed by atoms with Crippen LogP contribution in [0, 0.1) is 26.0 Å². The average Bonchev–Trinajstić information content (AvgIpc) is 3.71. The summed E-state index contributed by atoms with van der Waals surface area (Å²) in [7, 11) is 0. The number of hydrogen-bond donors (Lipinski definition) is 0. The number of rotatable bonds is 3. The monoisotopic (exact) mass is 785 g/mol. The molecule has 1 radical (unpaired) electrons. The van der Waals surface area contributed by atoms with Crippen molar-refractivity contribution in [3.05, 3.63) is 157 Å². The molecule has 4 heterocycles. The summed E-state index contributed by atoms with van der Waals surface area (Å²) >= 11 is 0. The van der Waals surface area contributed by atoms with Gasteiger partial charge in [-0.2, -0.15) is 0 Å². The number of nitrogens with zero attached hydrogens (tertiary/aromatic N) is 4. The topological polar surface area (TPSA) is 56.7 Å². The Bertz CT molecular complexity index is 2450. The summed E-state index contributed by atoms with van der Waals surface area (Å²) in [5.74, 6) is 0.798. The normalized spacial score (nSPS) is 11.0. The number of furan rings is 1. The van der Waals surface area contributed by atoms with E-state index in [2.05, 4.69) is 77.1 Å². The fraction of sp³-hybridized carbons (Fsp3) is 0.0488. The number of benzene rings is 5. The van der Waals surface area contributed by atoms with Crippen LogP contribution in [-0.4, -0.2) is 19.5 Å². The summed E-state index contributed by atoms with van der Waals surface area (Å²) in [6.45, 7) is 4.13. The van der Waals surface area contributed by atoms with E-state index in [0.29, 0.717) is 0 Å². The van der Waals surface area contributed by atoms with Gasteiger partial charge >= 0.3 is 0 Å². The van der Waals surface area contributed by atoms with Crippen LogP contribution < -0.4 is 0 Å². The van der Waals surface area contributed by atoms with Crippen LogP contribution in [0.2, 0.25) is 0 Å². The van der Waals surface area contributed by atoms with Gasteiger partial charge in [0.25, 0.3) is 0 Å². The molecule has 0 N–H and O–H groups in total. The molecule has 6 heteroatoms. The molecule has 5 aromatic carbocycles. The summed E-state index contributed by atoms with van der Waals surface area (Å²) in [5.41, 5.74) is 10.5. The number of fused-ring (bicyclic) bond motifs is 6. The number of imidazole rings is 1. The molecule has 0 spiro atoms. The van der Waals surface area contributed by atoms with Crippen LogP contribution in [0.1, 0.15) is 11.3 Å². The molecule has 0 fully saturated rings. The van der Waals surface area contributed by atoms with Gasteiger partial charge in [-0.25, -0.2) is 0 Å². The number of pyridine rings is 2. The van der Waals surface area contributed by atoms with Crippen molar-refractivity contribution in [2.24, 2.45) is 0 Å². The fourth-order valence-corrected chi connectivity index (χ4v) is 6.09. The SMILES string of the molecule is Cc1nc2ccccc2c2c1nc(-c1[c-]cc(C)c3c1oc1ccccc13)n2-c1ccccc1.[Ir].[c-]1ccccc1-c1ccccn1. The van der Waals surface area contributed by atoms with Gasteiger partial charge in [-0.1, -0.05) is 84.6 Å². The van der Waals surface area contributed by atoms with Gasteiger partial charge in [0.2, 0.25) is 0 Å². The van der Waals surface area contributed by atoms with E-state index in [4.69, 9.17) is 14.4 Å². The van der Waals surface area contributed by atoms with Gasteiger partial charge in [0.1, 0.15) is 5.58 Å². The van der Waals surface area contributed by atoms with Crippen molar-refractivity contribution < 1.29 is 24.5 Å². The molecule has 0 unspecified atom stereocenters. The first-order valence-corrected chi connectivity index (χ1v) is 15.2. The molecular formula is C41H28IrN4O-2. The quantitative estimate of drug-likeness (QED) is 0.168. The van der Waals surface area contributed by atoms with Crippen molar-refractivity contribution in [2.75, 3.05) is 0 Å². The average molecular weight is 785 g/mol. The van der Waals surface area contributed by atoms with E-state index >= 15 is 0 Å². The second-order valence-electron chi connectivity index (χ2n) is 11.2. The number of hydrogen-bond acceptors (Lipinski definition) is 4. The van der Waals surface area contributed by atoms with Crippen LogP contribution in [0.4, 0.5) is 0 Å². The Morgan fingerprint density at radius 1 is 0.702 bits per heavy atom. The maximum atomic E-state index is 6.42. The molecule has 47 heavy (non-hydrogen) atoms. The smallest absolute Gasteiger partial charge is 0.120 e. The first kappa shape index (κ1) is 30.2. The van der Waals surface area contributed by atoms with Crippen molar-refractivity contribution in [3.63, 3.8) is 0 Å². The third-order valence-electron chi connectivity index (χ3n) is 8.21. The van der Waals surface area contributed by atoms with Gasteiger partial charge in [0, 0.05) is 42.8 Å². The van der Waals surface area contributed by atoms with E-state index in [0.717, 1.165) is 83.5 Å². The van der Waals surface area contributed by atoms with Gasteiger partial charge in [-0.05, 0) is 42.9 Å². The molecule has 0 bridgehead atoms. The van der Waals surface area contributed by atoms with E-state index in [9.17, 15) is 0 Å². The van der Waals surface area contributed by atoms with E-state index in [-0.39, 0.29) is 20.1 Å². The predicted molar refractivity (Wildman–Crippen MR) is 186 cm³/mol. The molecule has 0 atom stereocenters. The molecule has 0 saturated carbocycles. The molecule has 229 valence electrons. The molecule has 0 amide bonds. The molecule has 9 aromatic rings. The second kappa shape index (κ2) is 12.8. The Hall–Kier alpha value is -5.42. The second-order valence-corrected chi connectivity index (χ2v) is 11.2. The molecule has 0 saturated heterocycles. The zero-order valence-electron chi connectivity index (χ0n) is 25.7. The van der Waals surface area contributed by atoms with E-state index < -0.39 is 0 Å². The van der Waals surface area contributed by atoms with Crippen molar-refractivity contribution in [2.45, 2.75) is 13.8 Å². The first-order valence-electron chi connectivity index (χ1n) is 15.2. The molecule has 9 rings (SSSR count). The summed E-state index contributed by atoms with van der Waals surface area (Å²) in [6.07, 6.45) is 1.79. The first-order chi connectivity index (χ1) is 22.7. The molecule has 0 aliphatic carbocycles. The Kier molecular flexibility index (Phi) is 8.21. The summed E-state index contributed by atoms with van der Waals surface area (Å²) in [4.78, 5) is 14.2. The maximum absolute atomic E-state index is 6.42. The minimum absolute atomic E-state index is 0.